The summed E-state index contributed by atoms with van der Waals surface area (Å²) in [6.07, 6.45) is 2.55. The molecule has 2 atom stereocenters. The number of pyridine rings is 1. The lowest BCUT2D eigenvalue weighted by Crippen LogP contribution is -2.42. The van der Waals surface area contributed by atoms with Gasteiger partial charge in [-0.05, 0) is 56.6 Å². The maximum Gasteiger partial charge on any atom is 0.222 e. The third-order valence-electron chi connectivity index (χ3n) is 5.54. The van der Waals surface area contributed by atoms with Gasteiger partial charge in [0.15, 0.2) is 5.65 Å². The van der Waals surface area contributed by atoms with E-state index in [4.69, 9.17) is 4.98 Å². The van der Waals surface area contributed by atoms with Gasteiger partial charge in [0.1, 0.15) is 0 Å². The summed E-state index contributed by atoms with van der Waals surface area (Å²) in [7, 11) is 1.93. The highest BCUT2D eigenvalue weighted by Gasteiger charge is 2.25. The number of aryl methyl sites for hydroxylation is 4. The van der Waals surface area contributed by atoms with E-state index >= 15 is 0 Å². The summed E-state index contributed by atoms with van der Waals surface area (Å²) < 4.78 is 1.84. The van der Waals surface area contributed by atoms with E-state index in [1.165, 1.54) is 17.5 Å². The molecule has 0 radical (unpaired) electrons. The second-order valence-electron chi connectivity index (χ2n) is 7.95. The summed E-state index contributed by atoms with van der Waals surface area (Å²) in [4.78, 5) is 19.5. The third-order valence-corrected chi connectivity index (χ3v) is 5.54. The van der Waals surface area contributed by atoms with E-state index in [2.05, 4.69) is 30.8 Å². The molecular weight excluding hydrogens is 312 g/mol. The second kappa shape index (κ2) is 6.77. The van der Waals surface area contributed by atoms with Gasteiger partial charge >= 0.3 is 0 Å². The Kier molecular flexibility index (Phi) is 4.85. The molecule has 1 amide bonds. The van der Waals surface area contributed by atoms with Gasteiger partial charge < -0.3 is 4.90 Å². The van der Waals surface area contributed by atoms with Crippen LogP contribution in [0, 0.1) is 32.6 Å². The first kappa shape index (κ1) is 17.9. The smallest absolute Gasteiger partial charge is 0.222 e. The van der Waals surface area contributed by atoms with Crippen LogP contribution in [0.2, 0.25) is 0 Å². The number of carbonyl (C=O) groups excluding carboxylic acids is 1. The van der Waals surface area contributed by atoms with Gasteiger partial charge in [-0.1, -0.05) is 13.8 Å². The molecular formula is C20H30N4O. The molecule has 5 heteroatoms. The minimum absolute atomic E-state index is 0.278. The first-order valence-electron chi connectivity index (χ1n) is 9.35. The standard InChI is InChI=1S/C20H30N4O/c1-12-9-13(2)11-24(10-12)18(25)8-7-17-14(3)19-16(5)22-23(6)20(19)21-15(17)4/h12-13H,7-11H2,1-6H3. The van der Waals surface area contributed by atoms with Crippen molar-refractivity contribution in [2.75, 3.05) is 13.1 Å². The molecule has 0 bridgehead atoms. The molecule has 136 valence electrons. The lowest BCUT2D eigenvalue weighted by atomic mass is 9.91. The molecule has 2 unspecified atom stereocenters. The van der Waals surface area contributed by atoms with Crippen LogP contribution < -0.4 is 0 Å². The molecule has 3 heterocycles. The van der Waals surface area contributed by atoms with Crippen LogP contribution in [0.4, 0.5) is 0 Å². The first-order valence-corrected chi connectivity index (χ1v) is 9.35. The van der Waals surface area contributed by atoms with Crippen molar-refractivity contribution < 1.29 is 4.79 Å². The molecule has 2 aromatic heterocycles. The zero-order valence-electron chi connectivity index (χ0n) is 16.4. The fourth-order valence-corrected chi connectivity index (χ4v) is 4.49. The lowest BCUT2D eigenvalue weighted by molar-refractivity contribution is -0.133. The van der Waals surface area contributed by atoms with Crippen LogP contribution in [0.1, 0.15) is 49.2 Å². The number of fused-ring (bicyclic) bond motifs is 1. The predicted molar refractivity (Wildman–Crippen MR) is 101 cm³/mol. The Hall–Kier alpha value is -1.91. The number of piperidine rings is 1. The van der Waals surface area contributed by atoms with Gasteiger partial charge in [-0.15, -0.1) is 0 Å². The van der Waals surface area contributed by atoms with Crippen molar-refractivity contribution >= 4 is 16.9 Å². The van der Waals surface area contributed by atoms with Crippen molar-refractivity contribution in [1.82, 2.24) is 19.7 Å². The van der Waals surface area contributed by atoms with Gasteiger partial charge in [-0.25, -0.2) is 4.98 Å². The van der Waals surface area contributed by atoms with Gasteiger partial charge in [0.05, 0.1) is 5.69 Å². The normalized spacial score (nSPS) is 21.1. The summed E-state index contributed by atoms with van der Waals surface area (Å²) >= 11 is 0. The van der Waals surface area contributed by atoms with Crippen LogP contribution in [0.3, 0.4) is 0 Å². The average Bonchev–Trinajstić information content (AvgIpc) is 2.80. The Labute approximate surface area is 150 Å². The number of amides is 1. The van der Waals surface area contributed by atoms with Crippen molar-refractivity contribution in [3.63, 3.8) is 0 Å². The van der Waals surface area contributed by atoms with Gasteiger partial charge in [0.25, 0.3) is 0 Å². The minimum atomic E-state index is 0.278. The SMILES string of the molecule is Cc1nc2c(c(C)nn2C)c(C)c1CCC(=O)N1CC(C)CC(C)C1. The molecule has 3 rings (SSSR count). The quantitative estimate of drug-likeness (QED) is 0.860. The van der Waals surface area contributed by atoms with Crippen molar-refractivity contribution in [2.24, 2.45) is 18.9 Å². The van der Waals surface area contributed by atoms with Crippen LogP contribution in [0.25, 0.3) is 11.0 Å². The summed E-state index contributed by atoms with van der Waals surface area (Å²) in [5, 5.41) is 5.63. The fourth-order valence-electron chi connectivity index (χ4n) is 4.49. The van der Waals surface area contributed by atoms with Crippen molar-refractivity contribution in [1.29, 1.82) is 0 Å². The summed E-state index contributed by atoms with van der Waals surface area (Å²) in [6, 6.07) is 0. The largest absolute Gasteiger partial charge is 0.342 e. The highest BCUT2D eigenvalue weighted by atomic mass is 16.2. The van der Waals surface area contributed by atoms with Crippen LogP contribution in [-0.2, 0) is 18.3 Å². The monoisotopic (exact) mass is 342 g/mol. The predicted octanol–water partition coefficient (Wildman–Crippen LogP) is 3.33. The Balaban J connectivity index is 1.79. The number of hydrogen-bond donors (Lipinski definition) is 0. The van der Waals surface area contributed by atoms with Gasteiger partial charge in [-0.3, -0.25) is 9.48 Å². The Morgan fingerprint density at radius 3 is 2.40 bits per heavy atom. The van der Waals surface area contributed by atoms with Gasteiger partial charge in [-0.2, -0.15) is 5.10 Å². The summed E-state index contributed by atoms with van der Waals surface area (Å²) in [6.45, 7) is 12.5. The van der Waals surface area contributed by atoms with Crippen LogP contribution >= 0.6 is 0 Å². The fraction of sp³-hybridized carbons (Fsp3) is 0.650. The second-order valence-corrected chi connectivity index (χ2v) is 7.95. The third kappa shape index (κ3) is 3.42. The zero-order chi connectivity index (χ0) is 18.3. The molecule has 1 saturated heterocycles. The van der Waals surface area contributed by atoms with Crippen molar-refractivity contribution in [2.45, 2.75) is 53.9 Å². The van der Waals surface area contributed by atoms with E-state index in [9.17, 15) is 4.79 Å². The molecule has 5 nitrogen and oxygen atoms in total. The van der Waals surface area contributed by atoms with Crippen molar-refractivity contribution in [3.05, 3.63) is 22.5 Å². The highest BCUT2D eigenvalue weighted by Crippen LogP contribution is 2.27. The maximum absolute atomic E-state index is 12.7. The number of likely N-dealkylation sites (tertiary alicyclic amines) is 1. The summed E-state index contributed by atoms with van der Waals surface area (Å²) in [5.74, 6) is 1.49. The molecule has 0 saturated carbocycles. The number of nitrogens with zero attached hydrogens (tertiary/aromatic N) is 4. The van der Waals surface area contributed by atoms with Crippen LogP contribution in [0.15, 0.2) is 0 Å². The maximum atomic E-state index is 12.7. The number of carbonyl (C=O) groups is 1. The van der Waals surface area contributed by atoms with Crippen LogP contribution in [-0.4, -0.2) is 38.7 Å². The summed E-state index contributed by atoms with van der Waals surface area (Å²) in [5.41, 5.74) is 5.38. The molecule has 1 aliphatic rings. The number of rotatable bonds is 3. The lowest BCUT2D eigenvalue weighted by Gasteiger charge is -2.35. The number of hydrogen-bond acceptors (Lipinski definition) is 3. The minimum Gasteiger partial charge on any atom is -0.342 e. The average molecular weight is 342 g/mol. The molecule has 0 aromatic carbocycles. The molecule has 0 N–H and O–H groups in total. The van der Waals surface area contributed by atoms with Gasteiger partial charge in [0, 0.05) is 37.6 Å². The zero-order valence-corrected chi connectivity index (χ0v) is 16.4. The van der Waals surface area contributed by atoms with Crippen LogP contribution in [0.5, 0.6) is 0 Å². The van der Waals surface area contributed by atoms with Crippen molar-refractivity contribution in [3.8, 4) is 0 Å². The molecule has 25 heavy (non-hydrogen) atoms. The van der Waals surface area contributed by atoms with E-state index < -0.39 is 0 Å². The Bertz CT molecular complexity index is 798. The van der Waals surface area contributed by atoms with E-state index in [1.807, 2.05) is 25.6 Å². The molecule has 1 aliphatic heterocycles. The van der Waals surface area contributed by atoms with E-state index in [1.54, 1.807) is 0 Å². The van der Waals surface area contributed by atoms with E-state index in [0.29, 0.717) is 18.3 Å². The topological polar surface area (TPSA) is 51.0 Å². The highest BCUT2D eigenvalue weighted by molar-refractivity contribution is 5.84. The Morgan fingerprint density at radius 2 is 1.76 bits per heavy atom. The van der Waals surface area contributed by atoms with Gasteiger partial charge in [0.2, 0.25) is 5.91 Å². The molecule has 1 fully saturated rings. The van der Waals surface area contributed by atoms with E-state index in [-0.39, 0.29) is 5.91 Å². The molecule has 2 aromatic rings. The van der Waals surface area contributed by atoms with E-state index in [0.717, 1.165) is 41.9 Å². The molecule has 0 aliphatic carbocycles. The molecule has 0 spiro atoms. The first-order chi connectivity index (χ1) is 11.8. The number of aromatic nitrogens is 3. The Morgan fingerprint density at radius 1 is 1.12 bits per heavy atom.